The van der Waals surface area contributed by atoms with Gasteiger partial charge in [0, 0.05) is 6.54 Å². The third kappa shape index (κ3) is 2.12. The van der Waals surface area contributed by atoms with Crippen molar-refractivity contribution in [3.8, 4) is 0 Å². The molecule has 0 heterocycles. The molecule has 0 spiro atoms. The van der Waals surface area contributed by atoms with E-state index < -0.39 is 10.0 Å². The highest BCUT2D eigenvalue weighted by molar-refractivity contribution is 7.89. The number of sulfonamides is 1. The molecule has 1 rings (SSSR count). The fraction of sp³-hybridized carbons (Fsp3) is 0.333. The summed E-state index contributed by atoms with van der Waals surface area (Å²) in [5, 5.41) is 5.03. The Morgan fingerprint density at radius 3 is 1.93 bits per heavy atom. The summed E-state index contributed by atoms with van der Waals surface area (Å²) < 4.78 is 22.2. The molecular weight excluding hydrogens is 200 g/mol. The first kappa shape index (κ1) is 11.2. The van der Waals surface area contributed by atoms with E-state index in [9.17, 15) is 8.42 Å². The molecular formula is C9H14N2O2S. The fourth-order valence-electron chi connectivity index (χ4n) is 1.44. The molecule has 5 heteroatoms. The van der Waals surface area contributed by atoms with Crippen molar-refractivity contribution in [3.63, 3.8) is 0 Å². The number of rotatable bonds is 2. The molecule has 78 valence electrons. The summed E-state index contributed by atoms with van der Waals surface area (Å²) in [5.74, 6) is 0. The minimum atomic E-state index is -3.61. The van der Waals surface area contributed by atoms with Crippen LogP contribution in [0.25, 0.3) is 0 Å². The quantitative estimate of drug-likeness (QED) is 0.747. The zero-order valence-electron chi connectivity index (χ0n) is 8.24. The Bertz CT molecular complexity index is 429. The SMILES string of the molecule is Cc1cc(S(N)(=O)=O)cc(C)c1CN. The first-order valence-electron chi connectivity index (χ1n) is 4.19. The Morgan fingerprint density at radius 1 is 1.21 bits per heavy atom. The Kier molecular flexibility index (Phi) is 2.94. The van der Waals surface area contributed by atoms with E-state index in [0.29, 0.717) is 6.54 Å². The lowest BCUT2D eigenvalue weighted by Gasteiger charge is -2.09. The van der Waals surface area contributed by atoms with Crippen LogP contribution in [0.3, 0.4) is 0 Å². The third-order valence-corrected chi connectivity index (χ3v) is 3.09. The predicted octanol–water partition coefficient (Wildman–Crippen LogP) is 0.410. The molecule has 0 amide bonds. The molecule has 0 bridgehead atoms. The molecule has 0 aliphatic carbocycles. The van der Waals surface area contributed by atoms with Gasteiger partial charge in [-0.1, -0.05) is 0 Å². The van der Waals surface area contributed by atoms with Gasteiger partial charge in [0.2, 0.25) is 10.0 Å². The number of aryl methyl sites for hydroxylation is 2. The summed E-state index contributed by atoms with van der Waals surface area (Å²) in [5.41, 5.74) is 8.22. The monoisotopic (exact) mass is 214 g/mol. The molecule has 0 unspecified atom stereocenters. The number of hydrogen-bond acceptors (Lipinski definition) is 3. The van der Waals surface area contributed by atoms with E-state index in [1.165, 1.54) is 0 Å². The average molecular weight is 214 g/mol. The van der Waals surface area contributed by atoms with E-state index in [1.807, 2.05) is 13.8 Å². The zero-order valence-corrected chi connectivity index (χ0v) is 9.06. The standard InChI is InChI=1S/C9H14N2O2S/c1-6-3-8(14(11,12)13)4-7(2)9(6)5-10/h3-4H,5,10H2,1-2H3,(H2,11,12,13). The Labute approximate surface area is 84.0 Å². The second kappa shape index (κ2) is 3.68. The molecule has 4 N–H and O–H groups in total. The van der Waals surface area contributed by atoms with Crippen LogP contribution in [0.2, 0.25) is 0 Å². The number of hydrogen-bond donors (Lipinski definition) is 2. The molecule has 0 saturated heterocycles. The Morgan fingerprint density at radius 2 is 1.64 bits per heavy atom. The minimum Gasteiger partial charge on any atom is -0.326 e. The van der Waals surface area contributed by atoms with Gasteiger partial charge >= 0.3 is 0 Å². The van der Waals surface area contributed by atoms with Crippen LogP contribution in [0.1, 0.15) is 16.7 Å². The highest BCUT2D eigenvalue weighted by Gasteiger charge is 2.11. The second-order valence-electron chi connectivity index (χ2n) is 3.28. The van der Waals surface area contributed by atoms with Gasteiger partial charge in [-0.15, -0.1) is 0 Å². The van der Waals surface area contributed by atoms with Crippen LogP contribution < -0.4 is 10.9 Å². The fourth-order valence-corrected chi connectivity index (χ4v) is 2.12. The molecule has 0 aliphatic heterocycles. The largest absolute Gasteiger partial charge is 0.326 e. The van der Waals surface area contributed by atoms with Crippen molar-refractivity contribution in [1.29, 1.82) is 0 Å². The van der Waals surface area contributed by atoms with Gasteiger partial charge in [-0.25, -0.2) is 13.6 Å². The summed E-state index contributed by atoms with van der Waals surface area (Å²) in [6.45, 7) is 4.05. The molecule has 0 aliphatic rings. The minimum absolute atomic E-state index is 0.143. The predicted molar refractivity (Wildman–Crippen MR) is 55.2 cm³/mol. The number of primary sulfonamides is 1. The van der Waals surface area contributed by atoms with Crippen molar-refractivity contribution in [2.24, 2.45) is 10.9 Å². The van der Waals surface area contributed by atoms with Crippen LogP contribution in [0, 0.1) is 13.8 Å². The van der Waals surface area contributed by atoms with Crippen LogP contribution in [0.15, 0.2) is 17.0 Å². The molecule has 1 aromatic carbocycles. The average Bonchev–Trinajstić information content (AvgIpc) is 2.01. The first-order chi connectivity index (χ1) is 6.36. The van der Waals surface area contributed by atoms with Crippen molar-refractivity contribution in [3.05, 3.63) is 28.8 Å². The summed E-state index contributed by atoms with van der Waals surface area (Å²) in [6.07, 6.45) is 0. The molecule has 4 nitrogen and oxygen atoms in total. The Hall–Kier alpha value is -0.910. The van der Waals surface area contributed by atoms with E-state index >= 15 is 0 Å². The molecule has 0 aromatic heterocycles. The summed E-state index contributed by atoms with van der Waals surface area (Å²) in [4.78, 5) is 0.143. The lowest BCUT2D eigenvalue weighted by molar-refractivity contribution is 0.597. The zero-order chi connectivity index (χ0) is 10.9. The van der Waals surface area contributed by atoms with Gasteiger partial charge in [0.15, 0.2) is 0 Å². The van der Waals surface area contributed by atoms with Crippen molar-refractivity contribution >= 4 is 10.0 Å². The Balaban J connectivity index is 3.43. The highest BCUT2D eigenvalue weighted by atomic mass is 32.2. The lowest BCUT2D eigenvalue weighted by Crippen LogP contribution is -2.13. The van der Waals surface area contributed by atoms with Crippen LogP contribution >= 0.6 is 0 Å². The maximum atomic E-state index is 11.1. The molecule has 0 fully saturated rings. The number of benzene rings is 1. The molecule has 0 saturated carbocycles. The van der Waals surface area contributed by atoms with E-state index in [1.54, 1.807) is 12.1 Å². The maximum absolute atomic E-state index is 11.1. The maximum Gasteiger partial charge on any atom is 0.238 e. The van der Waals surface area contributed by atoms with Crippen LogP contribution in [0.5, 0.6) is 0 Å². The van der Waals surface area contributed by atoms with Gasteiger partial charge in [-0.2, -0.15) is 0 Å². The van der Waals surface area contributed by atoms with Gasteiger partial charge < -0.3 is 5.73 Å². The topological polar surface area (TPSA) is 86.2 Å². The third-order valence-electron chi connectivity index (χ3n) is 2.20. The molecule has 14 heavy (non-hydrogen) atoms. The second-order valence-corrected chi connectivity index (χ2v) is 4.85. The van der Waals surface area contributed by atoms with E-state index in [-0.39, 0.29) is 4.90 Å². The van der Waals surface area contributed by atoms with Crippen LogP contribution in [-0.4, -0.2) is 8.42 Å². The van der Waals surface area contributed by atoms with Gasteiger partial charge in [-0.3, -0.25) is 0 Å². The summed E-state index contributed by atoms with van der Waals surface area (Å²) in [6, 6.07) is 3.09. The van der Waals surface area contributed by atoms with Crippen LogP contribution in [-0.2, 0) is 16.6 Å². The van der Waals surface area contributed by atoms with Gasteiger partial charge in [0.05, 0.1) is 4.90 Å². The van der Waals surface area contributed by atoms with Gasteiger partial charge in [0.25, 0.3) is 0 Å². The first-order valence-corrected chi connectivity index (χ1v) is 5.74. The van der Waals surface area contributed by atoms with E-state index in [0.717, 1.165) is 16.7 Å². The molecule has 0 atom stereocenters. The lowest BCUT2D eigenvalue weighted by atomic mass is 10.0. The normalized spacial score (nSPS) is 11.7. The molecule has 1 aromatic rings. The van der Waals surface area contributed by atoms with E-state index in [4.69, 9.17) is 10.9 Å². The van der Waals surface area contributed by atoms with Crippen molar-refractivity contribution in [2.45, 2.75) is 25.3 Å². The van der Waals surface area contributed by atoms with Gasteiger partial charge in [-0.05, 0) is 42.7 Å². The summed E-state index contributed by atoms with van der Waals surface area (Å²) >= 11 is 0. The van der Waals surface area contributed by atoms with Crippen molar-refractivity contribution in [1.82, 2.24) is 0 Å². The van der Waals surface area contributed by atoms with Crippen LogP contribution in [0.4, 0.5) is 0 Å². The highest BCUT2D eigenvalue weighted by Crippen LogP contribution is 2.18. The molecule has 0 radical (unpaired) electrons. The van der Waals surface area contributed by atoms with Crippen molar-refractivity contribution < 1.29 is 8.42 Å². The van der Waals surface area contributed by atoms with Crippen molar-refractivity contribution in [2.75, 3.05) is 0 Å². The number of nitrogens with two attached hydrogens (primary N) is 2. The summed E-state index contributed by atoms with van der Waals surface area (Å²) in [7, 11) is -3.61. The van der Waals surface area contributed by atoms with Gasteiger partial charge in [0.1, 0.15) is 0 Å². The smallest absolute Gasteiger partial charge is 0.238 e. The van der Waals surface area contributed by atoms with E-state index in [2.05, 4.69) is 0 Å².